The minimum absolute atomic E-state index is 0.414. The Kier molecular flexibility index (Phi) is 6.42. The molecule has 2 rings (SSSR count). The molecule has 2 atom stereocenters. The minimum Gasteiger partial charge on any atom is -0.378 e. The fraction of sp³-hybridized carbons (Fsp3) is 0.632. The summed E-state index contributed by atoms with van der Waals surface area (Å²) in [6.45, 7) is 5.76. The maximum atomic E-state index is 10.3. The lowest BCUT2D eigenvalue weighted by Crippen LogP contribution is -2.34. The molecule has 1 aromatic heterocycles. The van der Waals surface area contributed by atoms with Gasteiger partial charge in [0.25, 0.3) is 0 Å². The largest absolute Gasteiger partial charge is 0.378 e. The van der Waals surface area contributed by atoms with Gasteiger partial charge in [-0.3, -0.25) is 9.88 Å². The summed E-state index contributed by atoms with van der Waals surface area (Å²) in [5, 5.41) is 10.3. The van der Waals surface area contributed by atoms with E-state index in [1.54, 1.807) is 0 Å². The van der Waals surface area contributed by atoms with Crippen LogP contribution in [0.1, 0.15) is 64.0 Å². The van der Waals surface area contributed by atoms with Crippen molar-refractivity contribution in [3.05, 3.63) is 30.1 Å². The topological polar surface area (TPSA) is 36.4 Å². The van der Waals surface area contributed by atoms with Crippen LogP contribution in [0.15, 0.2) is 24.5 Å². The van der Waals surface area contributed by atoms with Gasteiger partial charge in [0, 0.05) is 18.4 Å². The molecule has 1 fully saturated rings. The highest BCUT2D eigenvalue weighted by molar-refractivity contribution is 5.17. The fourth-order valence-corrected chi connectivity index (χ4v) is 3.05. The number of likely N-dealkylation sites (tertiary alicyclic amines) is 1. The Hall–Kier alpha value is -1.37. The molecule has 0 saturated carbocycles. The molecule has 0 amide bonds. The van der Waals surface area contributed by atoms with Gasteiger partial charge >= 0.3 is 0 Å². The number of piperidine rings is 1. The zero-order chi connectivity index (χ0) is 15.8. The van der Waals surface area contributed by atoms with Crippen LogP contribution in [0, 0.1) is 11.8 Å². The van der Waals surface area contributed by atoms with Crippen molar-refractivity contribution in [3.63, 3.8) is 0 Å². The molecular weight excluding hydrogens is 272 g/mol. The number of unbranched alkanes of at least 4 members (excludes halogenated alkanes) is 1. The van der Waals surface area contributed by atoms with Gasteiger partial charge in [-0.2, -0.15) is 0 Å². The molecular formula is C19H28N2O. The van der Waals surface area contributed by atoms with E-state index in [-0.39, 0.29) is 0 Å². The van der Waals surface area contributed by atoms with Gasteiger partial charge in [-0.05, 0) is 50.8 Å². The summed E-state index contributed by atoms with van der Waals surface area (Å²) in [4.78, 5) is 6.66. The first-order chi connectivity index (χ1) is 10.6. The lowest BCUT2D eigenvalue weighted by Gasteiger charge is -2.34. The molecule has 3 heteroatoms. The molecule has 0 bridgehead atoms. The summed E-state index contributed by atoms with van der Waals surface area (Å²) < 4.78 is 0. The first-order valence-electron chi connectivity index (χ1n) is 8.49. The average molecular weight is 300 g/mol. The predicted octanol–water partition coefficient (Wildman–Crippen LogP) is 3.55. The predicted molar refractivity (Wildman–Crippen MR) is 90.3 cm³/mol. The second-order valence-corrected chi connectivity index (χ2v) is 6.45. The zero-order valence-electron chi connectivity index (χ0n) is 13.9. The smallest absolute Gasteiger partial charge is 0.122 e. The number of nitrogens with zero attached hydrogens (tertiary/aromatic N) is 2. The van der Waals surface area contributed by atoms with Crippen LogP contribution in [-0.2, 0) is 0 Å². The van der Waals surface area contributed by atoms with Crippen molar-refractivity contribution >= 4 is 0 Å². The Morgan fingerprint density at radius 2 is 2.32 bits per heavy atom. The summed E-state index contributed by atoms with van der Waals surface area (Å²) in [6, 6.07) is 4.57. The zero-order valence-corrected chi connectivity index (χ0v) is 13.9. The summed E-state index contributed by atoms with van der Waals surface area (Å²) >= 11 is 0. The van der Waals surface area contributed by atoms with E-state index in [0.29, 0.717) is 6.04 Å². The van der Waals surface area contributed by atoms with E-state index in [9.17, 15) is 5.11 Å². The summed E-state index contributed by atoms with van der Waals surface area (Å²) in [7, 11) is 0. The van der Waals surface area contributed by atoms with Crippen LogP contribution >= 0.6 is 0 Å². The Labute approximate surface area is 134 Å². The standard InChI is InChI=1S/C19H28N2O/c1-3-4-11-19(2,22)12-8-15-21-14-6-5-10-18(21)17-9-7-13-20-16-17/h7,9,13,16,18,22H,3-6,10-11,14-15H2,1-2H3/t18-,19-/m0/s1. The minimum atomic E-state index is -0.852. The maximum Gasteiger partial charge on any atom is 0.122 e. The van der Waals surface area contributed by atoms with Gasteiger partial charge in [-0.1, -0.05) is 37.7 Å². The molecule has 0 spiro atoms. The molecule has 1 aromatic rings. The van der Waals surface area contributed by atoms with Crippen LogP contribution in [0.2, 0.25) is 0 Å². The van der Waals surface area contributed by atoms with Crippen LogP contribution in [0.4, 0.5) is 0 Å². The number of hydrogen-bond acceptors (Lipinski definition) is 3. The second kappa shape index (κ2) is 8.31. The molecule has 0 radical (unpaired) electrons. The van der Waals surface area contributed by atoms with E-state index in [0.717, 1.165) is 32.4 Å². The molecule has 0 aromatic carbocycles. The number of rotatable bonds is 5. The van der Waals surface area contributed by atoms with E-state index in [1.165, 1.54) is 24.8 Å². The summed E-state index contributed by atoms with van der Waals surface area (Å²) in [6.07, 6.45) is 10.3. The van der Waals surface area contributed by atoms with Crippen LogP contribution in [0.25, 0.3) is 0 Å². The van der Waals surface area contributed by atoms with Crippen LogP contribution < -0.4 is 0 Å². The van der Waals surface area contributed by atoms with Crippen LogP contribution in [0.3, 0.4) is 0 Å². The van der Waals surface area contributed by atoms with Crippen molar-refractivity contribution in [2.45, 2.75) is 64.0 Å². The third-order valence-electron chi connectivity index (χ3n) is 4.34. The third kappa shape index (κ3) is 5.12. The maximum absolute atomic E-state index is 10.3. The fourth-order valence-electron chi connectivity index (χ4n) is 3.05. The van der Waals surface area contributed by atoms with Crippen molar-refractivity contribution < 1.29 is 5.11 Å². The van der Waals surface area contributed by atoms with Crippen molar-refractivity contribution in [1.29, 1.82) is 0 Å². The molecule has 1 aliphatic rings. The van der Waals surface area contributed by atoms with E-state index in [2.05, 4.69) is 34.7 Å². The van der Waals surface area contributed by atoms with Crippen LogP contribution in [-0.4, -0.2) is 33.7 Å². The quantitative estimate of drug-likeness (QED) is 0.845. The number of hydrogen-bond donors (Lipinski definition) is 1. The molecule has 22 heavy (non-hydrogen) atoms. The van der Waals surface area contributed by atoms with Gasteiger partial charge in [0.15, 0.2) is 0 Å². The lowest BCUT2D eigenvalue weighted by molar-refractivity contribution is 0.109. The van der Waals surface area contributed by atoms with E-state index in [1.807, 2.05) is 25.4 Å². The molecule has 120 valence electrons. The Bertz CT molecular complexity index is 501. The van der Waals surface area contributed by atoms with Gasteiger partial charge in [-0.15, -0.1) is 0 Å². The Balaban J connectivity index is 1.98. The molecule has 3 nitrogen and oxygen atoms in total. The van der Waals surface area contributed by atoms with Crippen molar-refractivity contribution in [2.24, 2.45) is 0 Å². The van der Waals surface area contributed by atoms with Crippen molar-refractivity contribution in [2.75, 3.05) is 13.1 Å². The number of aromatic nitrogens is 1. The molecule has 1 aliphatic heterocycles. The first-order valence-corrected chi connectivity index (χ1v) is 8.49. The van der Waals surface area contributed by atoms with Gasteiger partial charge in [0.1, 0.15) is 5.60 Å². The summed E-state index contributed by atoms with van der Waals surface area (Å²) in [5.74, 6) is 6.27. The second-order valence-electron chi connectivity index (χ2n) is 6.45. The van der Waals surface area contributed by atoms with Gasteiger partial charge in [0.2, 0.25) is 0 Å². The van der Waals surface area contributed by atoms with Gasteiger partial charge < -0.3 is 5.11 Å². The number of pyridine rings is 1. The SMILES string of the molecule is CCCC[C@](C)(O)C#CCN1CCCC[C@H]1c1cccnc1. The molecule has 2 heterocycles. The highest BCUT2D eigenvalue weighted by Crippen LogP contribution is 2.29. The molecule has 1 N–H and O–H groups in total. The third-order valence-corrected chi connectivity index (χ3v) is 4.34. The van der Waals surface area contributed by atoms with Crippen molar-refractivity contribution in [3.8, 4) is 11.8 Å². The Morgan fingerprint density at radius 1 is 1.45 bits per heavy atom. The van der Waals surface area contributed by atoms with Gasteiger partial charge in [0.05, 0.1) is 6.54 Å². The van der Waals surface area contributed by atoms with E-state index < -0.39 is 5.60 Å². The van der Waals surface area contributed by atoms with E-state index in [4.69, 9.17) is 0 Å². The number of aliphatic hydroxyl groups is 1. The normalized spacial score (nSPS) is 21.7. The average Bonchev–Trinajstić information content (AvgIpc) is 2.54. The van der Waals surface area contributed by atoms with Crippen molar-refractivity contribution in [1.82, 2.24) is 9.88 Å². The highest BCUT2D eigenvalue weighted by atomic mass is 16.3. The first kappa shape index (κ1) is 17.0. The Morgan fingerprint density at radius 3 is 3.05 bits per heavy atom. The van der Waals surface area contributed by atoms with Crippen LogP contribution in [0.5, 0.6) is 0 Å². The van der Waals surface area contributed by atoms with Gasteiger partial charge in [-0.25, -0.2) is 0 Å². The molecule has 0 unspecified atom stereocenters. The summed E-state index contributed by atoms with van der Waals surface area (Å²) in [5.41, 5.74) is 0.428. The molecule has 0 aliphatic carbocycles. The monoisotopic (exact) mass is 300 g/mol. The highest BCUT2D eigenvalue weighted by Gasteiger charge is 2.23. The molecule has 1 saturated heterocycles. The van der Waals surface area contributed by atoms with E-state index >= 15 is 0 Å². The lowest BCUT2D eigenvalue weighted by atomic mass is 9.96.